The molecule has 0 spiro atoms. The van der Waals surface area contributed by atoms with E-state index in [-0.39, 0.29) is 29.7 Å². The van der Waals surface area contributed by atoms with E-state index < -0.39 is 58.0 Å². The number of aliphatic hydroxyl groups is 3. The molecule has 1 aliphatic heterocycles. The van der Waals surface area contributed by atoms with Crippen LogP contribution in [0.4, 0.5) is 0 Å². The number of phenolic OH excluding ortho intramolecular Hbond substituents is 1. The predicted octanol–water partition coefficient (Wildman–Crippen LogP) is 1.46. The molecule has 0 radical (unpaired) electrons. The van der Waals surface area contributed by atoms with Gasteiger partial charge >= 0.3 is 0 Å². The van der Waals surface area contributed by atoms with Crippen molar-refractivity contribution in [2.75, 3.05) is 40.4 Å². The first-order chi connectivity index (χ1) is 20.4. The second-order valence-electron chi connectivity index (χ2n) is 12.0. The van der Waals surface area contributed by atoms with Gasteiger partial charge in [-0.05, 0) is 67.2 Å². The number of likely N-dealkylation sites (N-methyl/N-ethyl adjacent to an activating group) is 1. The van der Waals surface area contributed by atoms with Gasteiger partial charge in [0.25, 0.3) is 5.91 Å². The molecule has 11 heteroatoms. The van der Waals surface area contributed by atoms with Gasteiger partial charge in [0.05, 0.1) is 24.8 Å². The van der Waals surface area contributed by atoms with Crippen LogP contribution >= 0.6 is 0 Å². The lowest BCUT2D eigenvalue weighted by atomic mass is 9.57. The minimum absolute atomic E-state index is 0.0396. The summed E-state index contributed by atoms with van der Waals surface area (Å²) < 4.78 is 5.46. The fourth-order valence-electron chi connectivity index (χ4n) is 7.37. The highest BCUT2D eigenvalue weighted by molar-refractivity contribution is 6.24. The number of Topliss-reactive ketones (excluding diaryl/α,β-unsaturated/α-hetero) is 2. The molecule has 6 N–H and O–H groups in total. The van der Waals surface area contributed by atoms with E-state index in [0.29, 0.717) is 18.8 Å². The molecule has 43 heavy (non-hydrogen) atoms. The Morgan fingerprint density at radius 2 is 1.84 bits per heavy atom. The monoisotopic (exact) mass is 589 g/mol. The first-order valence-corrected chi connectivity index (χ1v) is 14.3. The molecule has 226 valence electrons. The van der Waals surface area contributed by atoms with Crippen LogP contribution in [0.1, 0.15) is 23.1 Å². The molecule has 3 aliphatic carbocycles. The third-order valence-electron chi connectivity index (χ3n) is 9.35. The predicted molar refractivity (Wildman–Crippen MR) is 156 cm³/mol. The minimum atomic E-state index is -2.66. The number of carbonyl (C=O) groups is 3. The number of aromatic hydroxyl groups is 1. The number of rotatable bonds is 5. The quantitative estimate of drug-likeness (QED) is 0.321. The first kappa shape index (κ1) is 29.1. The highest BCUT2D eigenvalue weighted by Crippen LogP contribution is 2.53. The summed E-state index contributed by atoms with van der Waals surface area (Å²) in [5, 5.41) is 45.2. The molecule has 4 atom stereocenters. The summed E-state index contributed by atoms with van der Waals surface area (Å²) in [7, 11) is 3.15. The van der Waals surface area contributed by atoms with E-state index in [4.69, 9.17) is 10.5 Å². The number of morpholine rings is 1. The Hall–Kier alpha value is -4.03. The van der Waals surface area contributed by atoms with Crippen molar-refractivity contribution in [3.05, 3.63) is 70.0 Å². The number of carbonyl (C=O) groups excluding carboxylic acids is 3. The summed E-state index contributed by atoms with van der Waals surface area (Å²) in [6.07, 6.45) is 0.268. The Morgan fingerprint density at radius 1 is 1.12 bits per heavy atom. The molecule has 6 rings (SSSR count). The number of hydrogen-bond donors (Lipinski definition) is 5. The van der Waals surface area contributed by atoms with Crippen molar-refractivity contribution in [1.82, 2.24) is 9.80 Å². The smallest absolute Gasteiger partial charge is 0.255 e. The van der Waals surface area contributed by atoms with Crippen molar-refractivity contribution >= 4 is 23.2 Å². The van der Waals surface area contributed by atoms with Crippen molar-refractivity contribution in [3.8, 4) is 16.9 Å². The molecular weight excluding hydrogens is 554 g/mol. The van der Waals surface area contributed by atoms with Gasteiger partial charge in [0.15, 0.2) is 11.4 Å². The summed E-state index contributed by atoms with van der Waals surface area (Å²) in [6.45, 7) is 3.80. The van der Waals surface area contributed by atoms with Crippen molar-refractivity contribution < 1.29 is 39.5 Å². The van der Waals surface area contributed by atoms with Gasteiger partial charge in [0, 0.05) is 31.1 Å². The molecule has 2 aromatic rings. The SMILES string of the molecule is CN(C)[C@H]1C(=O)C(C(N)=O)=C(O)[C@]2(O)C(=O)C3=C(O)c4c(O)ccc(-c5cccc(CN6CCOCC6)c5)c4C[C@@H]3C[C@H]12. The highest BCUT2D eigenvalue weighted by atomic mass is 16.5. The lowest BCUT2D eigenvalue weighted by Crippen LogP contribution is -2.65. The van der Waals surface area contributed by atoms with Crippen LogP contribution in [0.5, 0.6) is 5.75 Å². The number of phenols is 1. The van der Waals surface area contributed by atoms with E-state index in [0.717, 1.165) is 36.3 Å². The Bertz CT molecular complexity index is 1610. The van der Waals surface area contributed by atoms with Crippen LogP contribution < -0.4 is 5.73 Å². The normalized spacial score (nSPS) is 27.7. The third-order valence-corrected chi connectivity index (χ3v) is 9.35. The Kier molecular flexibility index (Phi) is 7.16. The van der Waals surface area contributed by atoms with E-state index in [9.17, 15) is 34.8 Å². The van der Waals surface area contributed by atoms with Gasteiger partial charge in [0.1, 0.15) is 22.8 Å². The molecule has 4 aliphatic rings. The molecule has 2 fully saturated rings. The second kappa shape index (κ2) is 10.6. The first-order valence-electron chi connectivity index (χ1n) is 14.3. The van der Waals surface area contributed by atoms with Gasteiger partial charge in [-0.1, -0.05) is 24.3 Å². The Labute approximate surface area is 248 Å². The zero-order chi connectivity index (χ0) is 30.8. The summed E-state index contributed by atoms with van der Waals surface area (Å²) in [5.74, 6) is -6.66. The second-order valence-corrected chi connectivity index (χ2v) is 12.0. The largest absolute Gasteiger partial charge is 0.508 e. The Morgan fingerprint density at radius 3 is 2.51 bits per heavy atom. The number of primary amides is 1. The molecule has 1 heterocycles. The van der Waals surface area contributed by atoms with Gasteiger partial charge in [-0.15, -0.1) is 0 Å². The number of nitrogens with zero attached hydrogens (tertiary/aromatic N) is 2. The molecule has 1 amide bonds. The summed E-state index contributed by atoms with van der Waals surface area (Å²) in [5.41, 5.74) is 5.19. The molecule has 0 bridgehead atoms. The molecule has 11 nitrogen and oxygen atoms in total. The van der Waals surface area contributed by atoms with Crippen molar-refractivity contribution in [2.45, 2.75) is 31.0 Å². The Balaban J connectivity index is 1.46. The number of fused-ring (bicyclic) bond motifs is 3. The summed E-state index contributed by atoms with van der Waals surface area (Å²) in [4.78, 5) is 43.3. The molecule has 0 aromatic heterocycles. The maximum atomic E-state index is 14.1. The lowest BCUT2D eigenvalue weighted by molar-refractivity contribution is -0.153. The van der Waals surface area contributed by atoms with Crippen LogP contribution in [0.3, 0.4) is 0 Å². The number of aliphatic hydroxyl groups excluding tert-OH is 2. The molecular formula is C32H35N3O8. The van der Waals surface area contributed by atoms with Crippen LogP contribution in [-0.2, 0) is 32.1 Å². The fourth-order valence-corrected chi connectivity index (χ4v) is 7.37. The molecule has 1 saturated heterocycles. The zero-order valence-corrected chi connectivity index (χ0v) is 24.0. The number of ether oxygens (including phenoxy) is 1. The third kappa shape index (κ3) is 4.46. The van der Waals surface area contributed by atoms with Gasteiger partial charge in [0.2, 0.25) is 5.78 Å². The van der Waals surface area contributed by atoms with Crippen LogP contribution in [0.15, 0.2) is 53.3 Å². The van der Waals surface area contributed by atoms with Crippen LogP contribution in [0, 0.1) is 11.8 Å². The highest BCUT2D eigenvalue weighted by Gasteiger charge is 2.64. The number of hydrogen-bond acceptors (Lipinski definition) is 10. The van der Waals surface area contributed by atoms with E-state index in [1.165, 1.54) is 11.0 Å². The van der Waals surface area contributed by atoms with E-state index in [2.05, 4.69) is 11.0 Å². The van der Waals surface area contributed by atoms with Gasteiger partial charge in [-0.3, -0.25) is 24.2 Å². The standard InChI is InChI=1S/C32H35N3O8/c1-34(2)26-21-14-18-13-20-19(17-5-3-4-16(12-17)15-35-8-10-43-11-9-35)6-7-22(36)24(20)27(37)23(18)29(39)32(21,42)30(40)25(28(26)38)31(33)41/h3-7,12,18,21,26,36-37,40,42H,8-11,13-15H2,1-2H3,(H2,33,41)/t18-,21-,26-,32-/m1/s1. The average Bonchev–Trinajstić information content (AvgIpc) is 2.95. The van der Waals surface area contributed by atoms with Gasteiger partial charge in [-0.25, -0.2) is 0 Å². The summed E-state index contributed by atoms with van der Waals surface area (Å²) >= 11 is 0. The fraction of sp³-hybridized carbons (Fsp3) is 0.406. The van der Waals surface area contributed by atoms with Crippen molar-refractivity contribution in [2.24, 2.45) is 17.6 Å². The maximum Gasteiger partial charge on any atom is 0.255 e. The van der Waals surface area contributed by atoms with E-state index in [1.54, 1.807) is 20.2 Å². The van der Waals surface area contributed by atoms with Crippen molar-refractivity contribution in [1.29, 1.82) is 0 Å². The summed E-state index contributed by atoms with van der Waals surface area (Å²) in [6, 6.07) is 10.1. The van der Waals surface area contributed by atoms with Crippen LogP contribution in [0.25, 0.3) is 16.9 Å². The number of amides is 1. The topological polar surface area (TPSA) is 174 Å². The molecule has 2 aromatic carbocycles. The van der Waals surface area contributed by atoms with Crippen LogP contribution in [-0.4, -0.2) is 99.7 Å². The van der Waals surface area contributed by atoms with Crippen molar-refractivity contribution in [3.63, 3.8) is 0 Å². The van der Waals surface area contributed by atoms with E-state index >= 15 is 0 Å². The maximum absolute atomic E-state index is 14.1. The zero-order valence-electron chi connectivity index (χ0n) is 24.0. The molecule has 0 unspecified atom stereocenters. The van der Waals surface area contributed by atoms with E-state index in [1.807, 2.05) is 18.2 Å². The number of benzene rings is 2. The lowest BCUT2D eigenvalue weighted by Gasteiger charge is -2.50. The number of ketones is 2. The average molecular weight is 590 g/mol. The number of nitrogens with two attached hydrogens (primary N) is 1. The van der Waals surface area contributed by atoms with Gasteiger partial charge in [-0.2, -0.15) is 0 Å². The van der Waals surface area contributed by atoms with Crippen LogP contribution in [0.2, 0.25) is 0 Å². The van der Waals surface area contributed by atoms with Gasteiger partial charge < -0.3 is 30.9 Å². The molecule has 1 saturated carbocycles. The minimum Gasteiger partial charge on any atom is -0.508 e.